The normalized spacial score (nSPS) is 30.8. The van der Waals surface area contributed by atoms with Crippen molar-refractivity contribution < 1.29 is 4.79 Å². The number of carbonyl (C=O) groups is 1. The molecule has 92 valence electrons. The van der Waals surface area contributed by atoms with E-state index in [-0.39, 0.29) is 5.91 Å². The van der Waals surface area contributed by atoms with Crippen molar-refractivity contribution in [1.29, 1.82) is 0 Å². The quantitative estimate of drug-likeness (QED) is 0.925. The van der Waals surface area contributed by atoms with Crippen molar-refractivity contribution in [2.45, 2.75) is 32.1 Å². The van der Waals surface area contributed by atoms with E-state index in [9.17, 15) is 4.79 Å². The van der Waals surface area contributed by atoms with Crippen LogP contribution in [0.15, 0.2) is 9.98 Å². The van der Waals surface area contributed by atoms with E-state index in [2.05, 4.69) is 26.2 Å². The van der Waals surface area contributed by atoms with Gasteiger partial charge in [-0.3, -0.25) is 4.79 Å². The Morgan fingerprint density at radius 3 is 3.00 bits per heavy atom. The molecule has 5 heteroatoms. The third kappa shape index (κ3) is 2.55. The van der Waals surface area contributed by atoms with Gasteiger partial charge in [0.1, 0.15) is 0 Å². The van der Waals surface area contributed by atoms with E-state index in [0.29, 0.717) is 17.5 Å². The molecule has 0 aromatic carbocycles. The molecule has 0 aliphatic heterocycles. The highest BCUT2D eigenvalue weighted by atomic mass is 79.9. The Morgan fingerprint density at radius 1 is 1.53 bits per heavy atom. The van der Waals surface area contributed by atoms with Gasteiger partial charge >= 0.3 is 0 Å². The van der Waals surface area contributed by atoms with Crippen LogP contribution < -0.4 is 5.32 Å². The molecule has 1 amide bonds. The zero-order chi connectivity index (χ0) is 11.8. The van der Waals surface area contributed by atoms with Crippen LogP contribution in [0.25, 0.3) is 0 Å². The second kappa shape index (κ2) is 4.69. The lowest BCUT2D eigenvalue weighted by atomic mass is 9.86. The van der Waals surface area contributed by atoms with Gasteiger partial charge in [0.15, 0.2) is 5.13 Å². The van der Waals surface area contributed by atoms with E-state index < -0.39 is 0 Å². The minimum Gasteiger partial charge on any atom is -0.302 e. The van der Waals surface area contributed by atoms with Gasteiger partial charge in [0, 0.05) is 6.42 Å². The summed E-state index contributed by atoms with van der Waals surface area (Å²) >= 11 is 4.80. The van der Waals surface area contributed by atoms with Gasteiger partial charge in [-0.1, -0.05) is 17.8 Å². The molecule has 0 spiro atoms. The first-order valence-corrected chi connectivity index (χ1v) is 7.73. The SMILES string of the molecule is O=C(CC1CC2CCC1C2)Nc1ncc(Br)s1. The lowest BCUT2D eigenvalue weighted by molar-refractivity contribution is -0.117. The number of hydrogen-bond acceptors (Lipinski definition) is 3. The number of anilines is 1. The van der Waals surface area contributed by atoms with E-state index in [1.165, 1.54) is 37.0 Å². The number of nitrogens with zero attached hydrogens (tertiary/aromatic N) is 1. The molecule has 2 saturated carbocycles. The predicted octanol–water partition coefficient (Wildman–Crippen LogP) is 3.67. The minimum absolute atomic E-state index is 0.129. The molecule has 3 nitrogen and oxygen atoms in total. The Labute approximate surface area is 113 Å². The average Bonchev–Trinajstić information content (AvgIpc) is 2.95. The van der Waals surface area contributed by atoms with Crippen molar-refractivity contribution >= 4 is 38.3 Å². The first-order chi connectivity index (χ1) is 8.20. The number of thiazole rings is 1. The zero-order valence-electron chi connectivity index (χ0n) is 9.49. The number of hydrogen-bond donors (Lipinski definition) is 1. The summed E-state index contributed by atoms with van der Waals surface area (Å²) in [5.41, 5.74) is 0. The average molecular weight is 315 g/mol. The minimum atomic E-state index is 0.129. The Balaban J connectivity index is 1.54. The van der Waals surface area contributed by atoms with Crippen LogP contribution in [0.4, 0.5) is 5.13 Å². The van der Waals surface area contributed by atoms with Crippen molar-refractivity contribution in [1.82, 2.24) is 4.98 Å². The van der Waals surface area contributed by atoms with Gasteiger partial charge in [-0.15, -0.1) is 0 Å². The van der Waals surface area contributed by atoms with Crippen LogP contribution in [0.5, 0.6) is 0 Å². The molecule has 1 aromatic heterocycles. The van der Waals surface area contributed by atoms with Crippen LogP contribution in [0.2, 0.25) is 0 Å². The molecule has 2 aliphatic rings. The molecule has 3 atom stereocenters. The molecule has 2 bridgehead atoms. The standard InChI is InChI=1S/C12H15BrN2OS/c13-10-6-14-12(17-10)15-11(16)5-9-4-7-1-2-8(9)3-7/h6-9H,1-5H2,(H,14,15,16). The Kier molecular flexibility index (Phi) is 3.21. The fourth-order valence-electron chi connectivity index (χ4n) is 3.35. The molecule has 2 fully saturated rings. The first kappa shape index (κ1) is 11.7. The number of rotatable bonds is 3. The summed E-state index contributed by atoms with van der Waals surface area (Å²) in [6.07, 6.45) is 7.75. The van der Waals surface area contributed by atoms with E-state index >= 15 is 0 Å². The second-order valence-corrected chi connectivity index (χ2v) is 7.57. The van der Waals surface area contributed by atoms with Crippen LogP contribution in [0.3, 0.4) is 0 Å². The van der Waals surface area contributed by atoms with Crippen LogP contribution in [-0.4, -0.2) is 10.9 Å². The lowest BCUT2D eigenvalue weighted by Gasteiger charge is -2.20. The van der Waals surface area contributed by atoms with Gasteiger partial charge < -0.3 is 5.32 Å². The summed E-state index contributed by atoms with van der Waals surface area (Å²) in [6.45, 7) is 0. The molecular weight excluding hydrogens is 300 g/mol. The van der Waals surface area contributed by atoms with Crippen molar-refractivity contribution in [3.63, 3.8) is 0 Å². The maximum Gasteiger partial charge on any atom is 0.226 e. The highest BCUT2D eigenvalue weighted by Gasteiger charge is 2.40. The highest BCUT2D eigenvalue weighted by Crippen LogP contribution is 2.49. The van der Waals surface area contributed by atoms with Crippen LogP contribution in [0, 0.1) is 17.8 Å². The third-order valence-corrected chi connectivity index (χ3v) is 5.45. The fraction of sp³-hybridized carbons (Fsp3) is 0.667. The van der Waals surface area contributed by atoms with E-state index in [4.69, 9.17) is 0 Å². The number of carbonyl (C=O) groups excluding carboxylic acids is 1. The third-order valence-electron chi connectivity index (χ3n) is 4.06. The Morgan fingerprint density at radius 2 is 2.41 bits per heavy atom. The molecule has 2 aliphatic carbocycles. The number of nitrogens with one attached hydrogen (secondary N) is 1. The van der Waals surface area contributed by atoms with E-state index in [0.717, 1.165) is 15.6 Å². The van der Waals surface area contributed by atoms with Crippen molar-refractivity contribution in [2.24, 2.45) is 17.8 Å². The van der Waals surface area contributed by atoms with Gasteiger partial charge in [0.25, 0.3) is 0 Å². The summed E-state index contributed by atoms with van der Waals surface area (Å²) in [5.74, 6) is 2.47. The number of fused-ring (bicyclic) bond motifs is 2. The molecule has 1 aromatic rings. The van der Waals surface area contributed by atoms with E-state index in [1.54, 1.807) is 6.20 Å². The summed E-state index contributed by atoms with van der Waals surface area (Å²) < 4.78 is 0.952. The van der Waals surface area contributed by atoms with Gasteiger partial charge in [0.2, 0.25) is 5.91 Å². The largest absolute Gasteiger partial charge is 0.302 e. The second-order valence-electron chi connectivity index (χ2n) is 5.16. The van der Waals surface area contributed by atoms with E-state index in [1.807, 2.05) is 0 Å². The first-order valence-electron chi connectivity index (χ1n) is 6.12. The summed E-state index contributed by atoms with van der Waals surface area (Å²) in [6, 6.07) is 0. The van der Waals surface area contributed by atoms with Crippen LogP contribution in [-0.2, 0) is 4.79 Å². The van der Waals surface area contributed by atoms with Crippen LogP contribution in [0.1, 0.15) is 32.1 Å². The summed E-state index contributed by atoms with van der Waals surface area (Å²) in [5, 5.41) is 3.59. The highest BCUT2D eigenvalue weighted by molar-refractivity contribution is 9.11. The molecule has 1 heterocycles. The predicted molar refractivity (Wildman–Crippen MR) is 72.0 cm³/mol. The van der Waals surface area contributed by atoms with Crippen LogP contribution >= 0.6 is 27.3 Å². The van der Waals surface area contributed by atoms with Gasteiger partial charge in [-0.05, 0) is 52.9 Å². The Bertz CT molecular complexity index is 434. The molecule has 3 rings (SSSR count). The monoisotopic (exact) mass is 314 g/mol. The molecule has 17 heavy (non-hydrogen) atoms. The number of aromatic nitrogens is 1. The molecular formula is C12H15BrN2OS. The smallest absolute Gasteiger partial charge is 0.226 e. The molecule has 0 radical (unpaired) electrons. The fourth-order valence-corrected chi connectivity index (χ4v) is 4.47. The topological polar surface area (TPSA) is 42.0 Å². The van der Waals surface area contributed by atoms with Crippen molar-refractivity contribution in [3.05, 3.63) is 9.98 Å². The maximum absolute atomic E-state index is 11.9. The number of amides is 1. The number of halogens is 1. The van der Waals surface area contributed by atoms with Gasteiger partial charge in [0.05, 0.1) is 9.98 Å². The van der Waals surface area contributed by atoms with Crippen molar-refractivity contribution in [3.8, 4) is 0 Å². The summed E-state index contributed by atoms with van der Waals surface area (Å²) in [4.78, 5) is 16.0. The van der Waals surface area contributed by atoms with Crippen molar-refractivity contribution in [2.75, 3.05) is 5.32 Å². The molecule has 3 unspecified atom stereocenters. The maximum atomic E-state index is 11.9. The van der Waals surface area contributed by atoms with Gasteiger partial charge in [-0.2, -0.15) is 0 Å². The molecule has 0 saturated heterocycles. The van der Waals surface area contributed by atoms with Gasteiger partial charge in [-0.25, -0.2) is 4.98 Å². The Hall–Kier alpha value is -0.420. The molecule has 1 N–H and O–H groups in total. The summed E-state index contributed by atoms with van der Waals surface area (Å²) in [7, 11) is 0. The lowest BCUT2D eigenvalue weighted by Crippen LogP contribution is -2.20. The zero-order valence-corrected chi connectivity index (χ0v) is 11.9.